The molecule has 0 heterocycles. The lowest BCUT2D eigenvalue weighted by Crippen LogP contribution is -2.46. The monoisotopic (exact) mass is 199 g/mol. The second-order valence-electron chi connectivity index (χ2n) is 6.07. The number of hydrogen-bond donors (Lipinski definition) is 1. The Morgan fingerprint density at radius 3 is 1.79 bits per heavy atom. The first-order valence-corrected chi connectivity index (χ1v) is 5.40. The van der Waals surface area contributed by atoms with Crippen molar-refractivity contribution in [3.63, 3.8) is 0 Å². The Bertz CT molecular complexity index is 195. The summed E-state index contributed by atoms with van der Waals surface area (Å²) >= 11 is 0. The summed E-state index contributed by atoms with van der Waals surface area (Å²) in [6.45, 7) is 14.5. The predicted molar refractivity (Wildman–Crippen MR) is 61.1 cm³/mol. The van der Waals surface area contributed by atoms with Crippen LogP contribution in [0.2, 0.25) is 0 Å². The molecule has 0 unspecified atom stereocenters. The first-order valence-electron chi connectivity index (χ1n) is 5.40. The summed E-state index contributed by atoms with van der Waals surface area (Å²) in [4.78, 5) is 11.9. The lowest BCUT2D eigenvalue weighted by Gasteiger charge is -2.32. The highest BCUT2D eigenvalue weighted by Gasteiger charge is 2.31. The molecule has 1 N–H and O–H groups in total. The smallest absolute Gasteiger partial charge is 0.224 e. The van der Waals surface area contributed by atoms with Crippen LogP contribution in [0.25, 0.3) is 0 Å². The van der Waals surface area contributed by atoms with E-state index in [1.54, 1.807) is 0 Å². The average Bonchev–Trinajstić information content (AvgIpc) is 1.79. The molecular formula is C12H25NO. The van der Waals surface area contributed by atoms with Crippen molar-refractivity contribution in [2.75, 3.05) is 0 Å². The minimum atomic E-state index is -0.129. The Hall–Kier alpha value is -0.530. The van der Waals surface area contributed by atoms with Gasteiger partial charge in [0.2, 0.25) is 5.91 Å². The molecule has 0 aromatic heterocycles. The molecule has 0 bridgehead atoms. The van der Waals surface area contributed by atoms with Crippen LogP contribution in [-0.2, 0) is 4.79 Å². The van der Waals surface area contributed by atoms with Crippen LogP contribution < -0.4 is 5.32 Å². The van der Waals surface area contributed by atoms with Gasteiger partial charge in [-0.1, -0.05) is 27.7 Å². The summed E-state index contributed by atoms with van der Waals surface area (Å²) in [6, 6.07) is 0. The number of carbonyl (C=O) groups excluding carboxylic acids is 1. The molecular weight excluding hydrogens is 174 g/mol. The molecule has 0 aliphatic heterocycles. The second-order valence-corrected chi connectivity index (χ2v) is 6.07. The molecule has 0 fully saturated rings. The first kappa shape index (κ1) is 13.5. The maximum Gasteiger partial charge on any atom is 0.224 e. The lowest BCUT2D eigenvalue weighted by molar-refractivity contribution is -0.129. The predicted octanol–water partition coefficient (Wildman–Crippen LogP) is 2.97. The Morgan fingerprint density at radius 1 is 1.14 bits per heavy atom. The molecule has 0 aliphatic carbocycles. The molecule has 0 rings (SSSR count). The van der Waals surface area contributed by atoms with Crippen molar-refractivity contribution in [1.82, 2.24) is 5.32 Å². The molecule has 1 amide bonds. The molecule has 84 valence electrons. The van der Waals surface area contributed by atoms with E-state index in [0.29, 0.717) is 0 Å². The van der Waals surface area contributed by atoms with Gasteiger partial charge in [-0.25, -0.2) is 0 Å². The van der Waals surface area contributed by atoms with Crippen LogP contribution in [0.15, 0.2) is 0 Å². The largest absolute Gasteiger partial charge is 0.351 e. The molecule has 1 atom stereocenters. The van der Waals surface area contributed by atoms with Gasteiger partial charge in [0, 0.05) is 11.5 Å². The van der Waals surface area contributed by atoms with Crippen LogP contribution in [0.3, 0.4) is 0 Å². The fourth-order valence-corrected chi connectivity index (χ4v) is 1.65. The number of rotatable bonds is 2. The lowest BCUT2D eigenvalue weighted by atomic mass is 9.78. The quantitative estimate of drug-likeness (QED) is 0.728. The molecule has 2 heteroatoms. The normalized spacial score (nSPS) is 15.1. The van der Waals surface area contributed by atoms with Crippen molar-refractivity contribution in [3.05, 3.63) is 0 Å². The highest BCUT2D eigenvalue weighted by Crippen LogP contribution is 2.29. The Balaban J connectivity index is 4.50. The van der Waals surface area contributed by atoms with Crippen LogP contribution in [0, 0.1) is 11.3 Å². The third-order valence-electron chi connectivity index (χ3n) is 2.27. The summed E-state index contributed by atoms with van der Waals surface area (Å²) in [6.07, 6.45) is 0.894. The van der Waals surface area contributed by atoms with Crippen LogP contribution in [-0.4, -0.2) is 11.4 Å². The van der Waals surface area contributed by atoms with E-state index in [0.717, 1.165) is 6.42 Å². The van der Waals surface area contributed by atoms with E-state index in [1.807, 2.05) is 20.8 Å². The van der Waals surface area contributed by atoms with Gasteiger partial charge in [0.15, 0.2) is 0 Å². The SMILES string of the molecule is CC[C@@H](C(=O)NC(C)(C)C)C(C)(C)C. The molecule has 0 radical (unpaired) electrons. The summed E-state index contributed by atoms with van der Waals surface area (Å²) in [5.41, 5.74) is -0.0835. The number of hydrogen-bond acceptors (Lipinski definition) is 1. The van der Waals surface area contributed by atoms with E-state index in [-0.39, 0.29) is 22.8 Å². The zero-order chi connectivity index (χ0) is 11.6. The van der Waals surface area contributed by atoms with E-state index >= 15 is 0 Å². The van der Waals surface area contributed by atoms with Gasteiger partial charge in [-0.15, -0.1) is 0 Å². The summed E-state index contributed by atoms with van der Waals surface area (Å²) < 4.78 is 0. The third-order valence-corrected chi connectivity index (χ3v) is 2.27. The van der Waals surface area contributed by atoms with Crippen LogP contribution >= 0.6 is 0 Å². The first-order chi connectivity index (χ1) is 6.08. The molecule has 0 aliphatic rings. The van der Waals surface area contributed by atoms with E-state index in [1.165, 1.54) is 0 Å². The van der Waals surface area contributed by atoms with Crippen molar-refractivity contribution in [1.29, 1.82) is 0 Å². The highest BCUT2D eigenvalue weighted by atomic mass is 16.2. The van der Waals surface area contributed by atoms with Gasteiger partial charge in [-0.2, -0.15) is 0 Å². The fraction of sp³-hybridized carbons (Fsp3) is 0.917. The number of amides is 1. The molecule has 0 spiro atoms. The fourth-order valence-electron chi connectivity index (χ4n) is 1.65. The standard InChI is InChI=1S/C12H25NO/c1-8-9(11(2,3)4)10(14)13-12(5,6)7/h9H,8H2,1-7H3,(H,13,14)/t9-/m0/s1. The minimum Gasteiger partial charge on any atom is -0.351 e. The average molecular weight is 199 g/mol. The Morgan fingerprint density at radius 2 is 1.57 bits per heavy atom. The van der Waals surface area contributed by atoms with Gasteiger partial charge in [0.1, 0.15) is 0 Å². The van der Waals surface area contributed by atoms with Crippen molar-refractivity contribution >= 4 is 5.91 Å². The van der Waals surface area contributed by atoms with Gasteiger partial charge in [-0.3, -0.25) is 4.79 Å². The van der Waals surface area contributed by atoms with Gasteiger partial charge >= 0.3 is 0 Å². The zero-order valence-corrected chi connectivity index (χ0v) is 10.7. The van der Waals surface area contributed by atoms with Crippen molar-refractivity contribution < 1.29 is 4.79 Å². The third kappa shape index (κ3) is 4.64. The van der Waals surface area contributed by atoms with Gasteiger partial charge in [0.25, 0.3) is 0 Å². The number of carbonyl (C=O) groups is 1. The van der Waals surface area contributed by atoms with Crippen molar-refractivity contribution in [2.45, 2.75) is 60.4 Å². The second kappa shape index (κ2) is 4.33. The van der Waals surface area contributed by atoms with Gasteiger partial charge < -0.3 is 5.32 Å². The van der Waals surface area contributed by atoms with Gasteiger partial charge in [0.05, 0.1) is 0 Å². The highest BCUT2D eigenvalue weighted by molar-refractivity contribution is 5.80. The topological polar surface area (TPSA) is 29.1 Å². The molecule has 0 saturated carbocycles. The van der Waals surface area contributed by atoms with E-state index in [4.69, 9.17) is 0 Å². The van der Waals surface area contributed by atoms with Crippen LogP contribution in [0.4, 0.5) is 0 Å². The number of nitrogens with one attached hydrogen (secondary N) is 1. The maximum atomic E-state index is 11.9. The van der Waals surface area contributed by atoms with E-state index in [2.05, 4.69) is 33.0 Å². The minimum absolute atomic E-state index is 0.0457. The zero-order valence-electron chi connectivity index (χ0n) is 10.7. The summed E-state index contributed by atoms with van der Waals surface area (Å²) in [7, 11) is 0. The van der Waals surface area contributed by atoms with Gasteiger partial charge in [-0.05, 0) is 32.6 Å². The van der Waals surface area contributed by atoms with E-state index < -0.39 is 0 Å². The van der Waals surface area contributed by atoms with Crippen LogP contribution in [0.1, 0.15) is 54.9 Å². The molecule has 0 aromatic rings. The molecule has 2 nitrogen and oxygen atoms in total. The van der Waals surface area contributed by atoms with Crippen LogP contribution in [0.5, 0.6) is 0 Å². The summed E-state index contributed by atoms with van der Waals surface area (Å²) in [5.74, 6) is 0.272. The van der Waals surface area contributed by atoms with Crippen molar-refractivity contribution in [2.24, 2.45) is 11.3 Å². The maximum absolute atomic E-state index is 11.9. The molecule has 0 aromatic carbocycles. The molecule has 0 saturated heterocycles. The Kier molecular flexibility index (Phi) is 4.16. The summed E-state index contributed by atoms with van der Waals surface area (Å²) in [5, 5.41) is 3.04. The van der Waals surface area contributed by atoms with E-state index in [9.17, 15) is 4.79 Å². The van der Waals surface area contributed by atoms with Crippen molar-refractivity contribution in [3.8, 4) is 0 Å². The Labute approximate surface area is 88.5 Å². The molecule has 14 heavy (non-hydrogen) atoms.